The summed E-state index contributed by atoms with van der Waals surface area (Å²) < 4.78 is 0. The average Bonchev–Trinajstić information content (AvgIpc) is 2.99. The van der Waals surface area contributed by atoms with Crippen molar-refractivity contribution >= 4 is 0 Å². The Hall–Kier alpha value is -0.380. The Labute approximate surface area is 172 Å². The standard InChI is InChI=1S/C25H44N2O/c1-16(26)11-14-27-17(2)21-7-8-22-20-6-5-18-15-19(28)9-12-24(18,3)23(20)10-13-25(21,22)4/h5,16-17,19-23,27-28H,6-15,26H2,1-4H3/t16?,17-,19-,20-,21+,22-,23-,24-,25+/m0/s1. The van der Waals surface area contributed by atoms with Crippen molar-refractivity contribution in [3.8, 4) is 0 Å². The predicted molar refractivity (Wildman–Crippen MR) is 117 cm³/mol. The van der Waals surface area contributed by atoms with Crippen molar-refractivity contribution in [1.82, 2.24) is 5.32 Å². The summed E-state index contributed by atoms with van der Waals surface area (Å²) in [7, 11) is 0. The van der Waals surface area contributed by atoms with Gasteiger partial charge >= 0.3 is 0 Å². The van der Waals surface area contributed by atoms with E-state index in [2.05, 4.69) is 39.1 Å². The highest BCUT2D eigenvalue weighted by Crippen LogP contribution is 2.66. The zero-order chi connectivity index (χ0) is 20.1. The number of fused-ring (bicyclic) bond motifs is 5. The van der Waals surface area contributed by atoms with Crippen molar-refractivity contribution in [3.05, 3.63) is 11.6 Å². The molecule has 0 radical (unpaired) electrons. The summed E-state index contributed by atoms with van der Waals surface area (Å²) in [5.74, 6) is 3.40. The first-order chi connectivity index (χ1) is 13.3. The molecule has 0 bridgehead atoms. The quantitative estimate of drug-likeness (QED) is 0.601. The van der Waals surface area contributed by atoms with E-state index in [9.17, 15) is 5.11 Å². The molecule has 0 aromatic carbocycles. The summed E-state index contributed by atoms with van der Waals surface area (Å²) in [5.41, 5.74) is 8.41. The van der Waals surface area contributed by atoms with Crippen LogP contribution in [0.25, 0.3) is 0 Å². The molecule has 3 saturated carbocycles. The van der Waals surface area contributed by atoms with Crippen LogP contribution in [0.3, 0.4) is 0 Å². The van der Waals surface area contributed by atoms with E-state index >= 15 is 0 Å². The van der Waals surface area contributed by atoms with Gasteiger partial charge in [-0.15, -0.1) is 0 Å². The number of hydrogen-bond acceptors (Lipinski definition) is 3. The van der Waals surface area contributed by atoms with Crippen molar-refractivity contribution in [2.45, 2.75) is 104 Å². The second-order valence-electron chi connectivity index (χ2n) is 11.4. The van der Waals surface area contributed by atoms with Gasteiger partial charge < -0.3 is 16.2 Å². The summed E-state index contributed by atoms with van der Waals surface area (Å²) in [5, 5.41) is 14.0. The lowest BCUT2D eigenvalue weighted by molar-refractivity contribution is -0.0535. The molecule has 0 saturated heterocycles. The summed E-state index contributed by atoms with van der Waals surface area (Å²) in [4.78, 5) is 0. The number of hydrogen-bond donors (Lipinski definition) is 3. The zero-order valence-corrected chi connectivity index (χ0v) is 18.7. The Bertz CT molecular complexity index is 601. The van der Waals surface area contributed by atoms with Crippen LogP contribution in [0.5, 0.6) is 0 Å². The van der Waals surface area contributed by atoms with Crippen molar-refractivity contribution in [2.24, 2.45) is 40.2 Å². The number of nitrogens with one attached hydrogen (secondary N) is 1. The largest absolute Gasteiger partial charge is 0.393 e. The first-order valence-corrected chi connectivity index (χ1v) is 12.1. The Morgan fingerprint density at radius 3 is 2.68 bits per heavy atom. The first-order valence-electron chi connectivity index (χ1n) is 12.1. The third-order valence-electron chi connectivity index (χ3n) is 9.82. The molecule has 0 spiro atoms. The van der Waals surface area contributed by atoms with E-state index in [1.165, 1.54) is 38.5 Å². The van der Waals surface area contributed by atoms with E-state index in [0.29, 0.717) is 22.9 Å². The highest BCUT2D eigenvalue weighted by atomic mass is 16.3. The fourth-order valence-corrected chi connectivity index (χ4v) is 8.18. The van der Waals surface area contributed by atoms with Crippen LogP contribution in [0.1, 0.15) is 85.5 Å². The minimum Gasteiger partial charge on any atom is -0.393 e. The molecule has 3 heteroatoms. The fraction of sp³-hybridized carbons (Fsp3) is 0.920. The number of allylic oxidation sites excluding steroid dienone is 1. The van der Waals surface area contributed by atoms with Crippen molar-refractivity contribution < 1.29 is 5.11 Å². The molecular formula is C25H44N2O. The van der Waals surface area contributed by atoms with Gasteiger partial charge in [0, 0.05) is 12.1 Å². The van der Waals surface area contributed by atoms with E-state index in [0.717, 1.165) is 49.5 Å². The van der Waals surface area contributed by atoms with Crippen LogP contribution in [-0.4, -0.2) is 29.8 Å². The van der Waals surface area contributed by atoms with Crippen LogP contribution in [0.15, 0.2) is 11.6 Å². The number of aliphatic hydroxyl groups is 1. The number of nitrogens with two attached hydrogens (primary N) is 1. The molecular weight excluding hydrogens is 344 g/mol. The lowest BCUT2D eigenvalue weighted by Gasteiger charge is -2.58. The topological polar surface area (TPSA) is 58.3 Å². The van der Waals surface area contributed by atoms with E-state index in [1.54, 1.807) is 5.57 Å². The average molecular weight is 389 g/mol. The van der Waals surface area contributed by atoms with Crippen LogP contribution >= 0.6 is 0 Å². The van der Waals surface area contributed by atoms with Gasteiger partial charge in [-0.05, 0) is 113 Å². The molecule has 4 aliphatic carbocycles. The van der Waals surface area contributed by atoms with Gasteiger partial charge in [0.2, 0.25) is 0 Å². The maximum absolute atomic E-state index is 10.2. The molecule has 4 aliphatic rings. The molecule has 0 aromatic heterocycles. The van der Waals surface area contributed by atoms with Crippen LogP contribution < -0.4 is 11.1 Å². The van der Waals surface area contributed by atoms with E-state index in [1.807, 2.05) is 0 Å². The molecule has 1 unspecified atom stereocenters. The lowest BCUT2D eigenvalue weighted by atomic mass is 9.47. The molecule has 4 rings (SSSR count). The molecule has 0 aliphatic heterocycles. The first kappa shape index (κ1) is 20.9. The van der Waals surface area contributed by atoms with Gasteiger partial charge in [0.05, 0.1) is 6.10 Å². The predicted octanol–water partition coefficient (Wildman–Crippen LogP) is 4.64. The highest BCUT2D eigenvalue weighted by Gasteiger charge is 2.59. The Kier molecular flexibility index (Phi) is 5.74. The SMILES string of the molecule is CC(N)CCN[C@@H](C)[C@H]1CC[C@H]2[C@@H]3CC=C4C[C@@H](O)CC[C@]4(C)[C@H]3CC[C@]12C. The second kappa shape index (κ2) is 7.71. The maximum Gasteiger partial charge on any atom is 0.0577 e. The van der Waals surface area contributed by atoms with Crippen molar-refractivity contribution in [1.29, 1.82) is 0 Å². The van der Waals surface area contributed by atoms with Gasteiger partial charge in [-0.25, -0.2) is 0 Å². The smallest absolute Gasteiger partial charge is 0.0577 e. The molecule has 9 atom stereocenters. The Balaban J connectivity index is 1.49. The molecule has 0 aromatic rings. The van der Waals surface area contributed by atoms with Gasteiger partial charge in [0.1, 0.15) is 0 Å². The summed E-state index contributed by atoms with van der Waals surface area (Å²) in [6, 6.07) is 0.889. The van der Waals surface area contributed by atoms with E-state index in [-0.39, 0.29) is 6.10 Å². The Morgan fingerprint density at radius 2 is 1.93 bits per heavy atom. The van der Waals surface area contributed by atoms with Crippen LogP contribution in [0.2, 0.25) is 0 Å². The lowest BCUT2D eigenvalue weighted by Crippen LogP contribution is -2.52. The summed E-state index contributed by atoms with van der Waals surface area (Å²) in [6.07, 6.45) is 13.5. The van der Waals surface area contributed by atoms with E-state index < -0.39 is 0 Å². The molecule has 0 amide bonds. The minimum absolute atomic E-state index is 0.0937. The minimum atomic E-state index is -0.0937. The van der Waals surface area contributed by atoms with Gasteiger partial charge in [0.25, 0.3) is 0 Å². The van der Waals surface area contributed by atoms with Crippen LogP contribution in [0, 0.1) is 34.5 Å². The highest BCUT2D eigenvalue weighted by molar-refractivity contribution is 5.25. The normalized spacial score (nSPS) is 47.5. The van der Waals surface area contributed by atoms with Crippen LogP contribution in [0.4, 0.5) is 0 Å². The molecule has 160 valence electrons. The number of aliphatic hydroxyl groups excluding tert-OH is 1. The Morgan fingerprint density at radius 1 is 1.14 bits per heavy atom. The van der Waals surface area contributed by atoms with Gasteiger partial charge in [-0.3, -0.25) is 0 Å². The molecule has 3 fully saturated rings. The van der Waals surface area contributed by atoms with Gasteiger partial charge in [-0.1, -0.05) is 25.5 Å². The van der Waals surface area contributed by atoms with Crippen LogP contribution in [-0.2, 0) is 0 Å². The summed E-state index contributed by atoms with van der Waals surface area (Å²) in [6.45, 7) is 10.7. The third-order valence-corrected chi connectivity index (χ3v) is 9.82. The van der Waals surface area contributed by atoms with Gasteiger partial charge in [0.15, 0.2) is 0 Å². The zero-order valence-electron chi connectivity index (χ0n) is 18.7. The third kappa shape index (κ3) is 3.40. The van der Waals surface area contributed by atoms with E-state index in [4.69, 9.17) is 5.73 Å². The molecule has 4 N–H and O–H groups in total. The van der Waals surface area contributed by atoms with Gasteiger partial charge in [-0.2, -0.15) is 0 Å². The van der Waals surface area contributed by atoms with Crippen molar-refractivity contribution in [2.75, 3.05) is 6.54 Å². The maximum atomic E-state index is 10.2. The summed E-state index contributed by atoms with van der Waals surface area (Å²) >= 11 is 0. The molecule has 0 heterocycles. The fourth-order valence-electron chi connectivity index (χ4n) is 8.18. The van der Waals surface area contributed by atoms with Crippen molar-refractivity contribution in [3.63, 3.8) is 0 Å². The molecule has 3 nitrogen and oxygen atoms in total. The molecule has 28 heavy (non-hydrogen) atoms. The second-order valence-corrected chi connectivity index (χ2v) is 11.4. The number of rotatable bonds is 5. The monoisotopic (exact) mass is 388 g/mol.